The predicted molar refractivity (Wildman–Crippen MR) is 134 cm³/mol. The van der Waals surface area contributed by atoms with Crippen LogP contribution < -0.4 is 11.4 Å². The monoisotopic (exact) mass is 655 g/mol. The van der Waals surface area contributed by atoms with Crippen LogP contribution >= 0.6 is 19.4 Å². The lowest BCUT2D eigenvalue weighted by Crippen LogP contribution is -2.38. The second-order valence-electron chi connectivity index (χ2n) is 8.65. The van der Waals surface area contributed by atoms with E-state index < -0.39 is 79.7 Å². The van der Waals surface area contributed by atoms with Gasteiger partial charge in [-0.05, 0) is 36.4 Å². The quantitative estimate of drug-likeness (QED) is 0.180. The van der Waals surface area contributed by atoms with E-state index in [1.807, 2.05) is 0 Å². The second kappa shape index (κ2) is 11.6. The number of benzene rings is 2. The summed E-state index contributed by atoms with van der Waals surface area (Å²) < 4.78 is 98.3. The molecule has 13 nitrogen and oxygen atoms in total. The van der Waals surface area contributed by atoms with Crippen LogP contribution in [0.4, 0.5) is 26.3 Å². The number of hydrogen-bond acceptors (Lipinski definition) is 7. The molecule has 0 fully saturated rings. The van der Waals surface area contributed by atoms with Crippen molar-refractivity contribution in [3.05, 3.63) is 81.3 Å². The van der Waals surface area contributed by atoms with E-state index in [1.165, 1.54) is 30.3 Å². The van der Waals surface area contributed by atoms with E-state index in [2.05, 4.69) is 19.7 Å². The molecule has 43 heavy (non-hydrogen) atoms. The van der Waals surface area contributed by atoms with Gasteiger partial charge in [-0.25, -0.2) is 23.7 Å². The van der Waals surface area contributed by atoms with Crippen molar-refractivity contribution in [1.29, 1.82) is 0 Å². The van der Waals surface area contributed by atoms with Gasteiger partial charge in [-0.1, -0.05) is 23.7 Å². The van der Waals surface area contributed by atoms with Gasteiger partial charge in [0, 0.05) is 10.6 Å². The van der Waals surface area contributed by atoms with Crippen LogP contribution in [0.3, 0.4) is 0 Å². The number of nitrogens with two attached hydrogens (primary N) is 1. The standard InChI is InChI=1S/C22H17ClF6N7O6P/c23-12-7-5-11(6-8-12)18-33-35(20(38)34(18)9-15(22(27,28)29)42-43(39,40)41)10-16-31-19(17(30)37)36(32-16)14-4-2-1-3-13(14)21(24,25)26/h1-8,15H,9-10H2,(H2,30,37)(H2,39,40,41)/t15-/m0/s1. The van der Waals surface area contributed by atoms with Crippen molar-refractivity contribution >= 4 is 25.3 Å². The van der Waals surface area contributed by atoms with Crippen molar-refractivity contribution < 1.29 is 50.0 Å². The number of phosphoric acid groups is 1. The van der Waals surface area contributed by atoms with E-state index in [4.69, 9.17) is 27.1 Å². The number of alkyl halides is 6. The van der Waals surface area contributed by atoms with E-state index >= 15 is 0 Å². The van der Waals surface area contributed by atoms with Crippen molar-refractivity contribution in [1.82, 2.24) is 29.1 Å². The number of hydrogen-bond donors (Lipinski definition) is 3. The van der Waals surface area contributed by atoms with Crippen molar-refractivity contribution in [2.24, 2.45) is 5.73 Å². The summed E-state index contributed by atoms with van der Waals surface area (Å²) in [4.78, 5) is 47.1. The SMILES string of the molecule is NC(=O)c1nc(Cn2nc(-c3ccc(Cl)cc3)n(C[C@H](OP(=O)(O)O)C(F)(F)F)c2=O)nn1-c1ccccc1C(F)(F)F. The minimum atomic E-state index is -5.70. The molecule has 1 amide bonds. The fourth-order valence-corrected chi connectivity index (χ4v) is 4.47. The molecule has 0 saturated carbocycles. The van der Waals surface area contributed by atoms with Gasteiger partial charge in [0.25, 0.3) is 5.91 Å². The second-order valence-corrected chi connectivity index (χ2v) is 10.3. The fraction of sp³-hybridized carbons (Fsp3) is 0.227. The van der Waals surface area contributed by atoms with Crippen LogP contribution in [0, 0.1) is 0 Å². The maximum Gasteiger partial charge on any atom is 0.470 e. The molecular formula is C22H17ClF6N7O6P. The lowest BCUT2D eigenvalue weighted by Gasteiger charge is -2.21. The van der Waals surface area contributed by atoms with Crippen LogP contribution in [-0.4, -0.2) is 57.1 Å². The van der Waals surface area contributed by atoms with Gasteiger partial charge < -0.3 is 15.5 Å². The third kappa shape index (κ3) is 7.31. The molecule has 0 aliphatic rings. The van der Waals surface area contributed by atoms with Crippen molar-refractivity contribution in [2.75, 3.05) is 0 Å². The third-order valence-corrected chi connectivity index (χ3v) is 6.38. The maximum atomic E-state index is 13.6. The van der Waals surface area contributed by atoms with Crippen LogP contribution in [-0.2, 0) is 28.4 Å². The van der Waals surface area contributed by atoms with E-state index in [0.717, 1.165) is 12.1 Å². The molecule has 0 spiro atoms. The minimum Gasteiger partial charge on any atom is -0.363 e. The topological polar surface area (TPSA) is 180 Å². The summed E-state index contributed by atoms with van der Waals surface area (Å²) in [6.45, 7) is -2.26. The van der Waals surface area contributed by atoms with Crippen molar-refractivity contribution in [3.63, 3.8) is 0 Å². The summed E-state index contributed by atoms with van der Waals surface area (Å²) in [5.41, 5.74) is 2.19. The molecule has 0 aliphatic heterocycles. The highest BCUT2D eigenvalue weighted by Crippen LogP contribution is 2.42. The van der Waals surface area contributed by atoms with Crippen LogP contribution in [0.15, 0.2) is 53.3 Å². The van der Waals surface area contributed by atoms with E-state index in [1.54, 1.807) is 0 Å². The Labute approximate surface area is 240 Å². The number of amides is 1. The first-order valence-electron chi connectivity index (χ1n) is 11.5. The highest BCUT2D eigenvalue weighted by molar-refractivity contribution is 7.46. The summed E-state index contributed by atoms with van der Waals surface area (Å²) in [7, 11) is -5.70. The first-order valence-corrected chi connectivity index (χ1v) is 13.4. The van der Waals surface area contributed by atoms with Crippen molar-refractivity contribution in [2.45, 2.75) is 31.5 Å². The largest absolute Gasteiger partial charge is 0.470 e. The zero-order valence-electron chi connectivity index (χ0n) is 21.0. The number of carbonyl (C=O) groups is 1. The smallest absolute Gasteiger partial charge is 0.363 e. The van der Waals surface area contributed by atoms with Gasteiger partial charge in [-0.2, -0.15) is 26.3 Å². The molecule has 0 aliphatic carbocycles. The number of phosphoric ester groups is 1. The van der Waals surface area contributed by atoms with Crippen LogP contribution in [0.1, 0.15) is 22.0 Å². The predicted octanol–water partition coefficient (Wildman–Crippen LogP) is 3.15. The molecule has 2 heterocycles. The lowest BCUT2D eigenvalue weighted by molar-refractivity contribution is -0.202. The van der Waals surface area contributed by atoms with Crippen LogP contribution in [0.25, 0.3) is 17.1 Å². The van der Waals surface area contributed by atoms with Gasteiger partial charge in [-0.3, -0.25) is 13.9 Å². The molecule has 1 atom stereocenters. The van der Waals surface area contributed by atoms with Crippen LogP contribution in [0.2, 0.25) is 5.02 Å². The zero-order chi connectivity index (χ0) is 31.9. The van der Waals surface area contributed by atoms with Crippen LogP contribution in [0.5, 0.6) is 0 Å². The molecule has 4 N–H and O–H groups in total. The number of rotatable bonds is 9. The number of carbonyl (C=O) groups excluding carboxylic acids is 1. The first-order chi connectivity index (χ1) is 19.8. The Bertz CT molecular complexity index is 1760. The Balaban J connectivity index is 1.83. The van der Waals surface area contributed by atoms with Gasteiger partial charge >= 0.3 is 25.9 Å². The molecule has 2 aromatic heterocycles. The number of halogens is 7. The first kappa shape index (κ1) is 31.9. The molecule has 0 unspecified atom stereocenters. The highest BCUT2D eigenvalue weighted by atomic mass is 35.5. The summed E-state index contributed by atoms with van der Waals surface area (Å²) >= 11 is 5.86. The number of para-hydroxylation sites is 1. The molecular weight excluding hydrogens is 639 g/mol. The molecule has 0 saturated heterocycles. The van der Waals surface area contributed by atoms with Gasteiger partial charge in [-0.15, -0.1) is 10.2 Å². The van der Waals surface area contributed by atoms with E-state index in [-0.39, 0.29) is 10.6 Å². The third-order valence-electron chi connectivity index (χ3n) is 5.60. The fourth-order valence-electron chi connectivity index (χ4n) is 3.83. The molecule has 4 aromatic rings. The number of aromatic nitrogens is 6. The van der Waals surface area contributed by atoms with Gasteiger partial charge in [0.1, 0.15) is 6.54 Å². The average Bonchev–Trinajstić information content (AvgIpc) is 3.44. The summed E-state index contributed by atoms with van der Waals surface area (Å²) in [5.74, 6) is -2.98. The normalized spacial score (nSPS) is 13.3. The Hall–Kier alpha value is -4.03. The molecule has 2 aromatic carbocycles. The van der Waals surface area contributed by atoms with E-state index in [9.17, 15) is 40.5 Å². The Kier molecular flexibility index (Phi) is 8.58. The van der Waals surface area contributed by atoms with Gasteiger partial charge in [0.05, 0.1) is 17.8 Å². The maximum absolute atomic E-state index is 13.6. The Morgan fingerprint density at radius 3 is 2.23 bits per heavy atom. The Morgan fingerprint density at radius 2 is 1.67 bits per heavy atom. The molecule has 0 radical (unpaired) electrons. The minimum absolute atomic E-state index is 0.0350. The van der Waals surface area contributed by atoms with Crippen molar-refractivity contribution in [3.8, 4) is 17.1 Å². The number of primary amides is 1. The Morgan fingerprint density at radius 1 is 1.05 bits per heavy atom. The van der Waals surface area contributed by atoms with Gasteiger partial charge in [0.15, 0.2) is 17.8 Å². The highest BCUT2D eigenvalue weighted by Gasteiger charge is 2.45. The lowest BCUT2D eigenvalue weighted by atomic mass is 10.1. The average molecular weight is 656 g/mol. The number of nitrogens with zero attached hydrogens (tertiary/aromatic N) is 6. The summed E-state index contributed by atoms with van der Waals surface area (Å²) in [5, 5.41) is 8.04. The van der Waals surface area contributed by atoms with E-state index in [0.29, 0.717) is 20.0 Å². The molecule has 21 heteroatoms. The molecule has 0 bridgehead atoms. The zero-order valence-corrected chi connectivity index (χ0v) is 22.6. The molecule has 4 rings (SSSR count). The molecule has 230 valence electrons. The summed E-state index contributed by atoms with van der Waals surface area (Å²) in [6.07, 6.45) is -13.4. The summed E-state index contributed by atoms with van der Waals surface area (Å²) in [6, 6.07) is 9.19. The van der Waals surface area contributed by atoms with Gasteiger partial charge in [0.2, 0.25) is 5.82 Å².